The molecule has 2 aromatic carbocycles. The number of aromatic hydroxyl groups is 1. The summed E-state index contributed by atoms with van der Waals surface area (Å²) in [6.07, 6.45) is 3.05. The Morgan fingerprint density at radius 1 is 1.08 bits per heavy atom. The molecular weight excluding hydrogens is 720 g/mol. The summed E-state index contributed by atoms with van der Waals surface area (Å²) in [5, 5.41) is 16.7. The van der Waals surface area contributed by atoms with E-state index in [0.717, 1.165) is 33.2 Å². The predicted molar refractivity (Wildman–Crippen MR) is 194 cm³/mol. The van der Waals surface area contributed by atoms with Gasteiger partial charge in [0.2, 0.25) is 23.6 Å². The molecule has 12 nitrogen and oxygen atoms in total. The number of phenols is 1. The SMILES string of the molecule is COC(=O)N1C(=O)C2CC=C3C(CC4C(=O)N(c5cc(-c6sc7ccc(Cl)cc7c6C)nn5C)C(=O)C4(C)C3C3=COc4ccc(O)cc4C3)C2C1=O. The van der Waals surface area contributed by atoms with Crippen molar-refractivity contribution < 1.29 is 38.6 Å². The van der Waals surface area contributed by atoms with E-state index in [9.17, 15) is 24.3 Å². The van der Waals surface area contributed by atoms with Crippen molar-refractivity contribution in [3.05, 3.63) is 82.1 Å². The number of nitrogens with zero attached hydrogens (tertiary/aromatic N) is 4. The lowest BCUT2D eigenvalue weighted by Crippen LogP contribution is -2.51. The number of fused-ring (bicyclic) bond motifs is 6. The van der Waals surface area contributed by atoms with Crippen molar-refractivity contribution in [1.29, 1.82) is 0 Å². The van der Waals surface area contributed by atoms with Gasteiger partial charge in [0.15, 0.2) is 0 Å². The van der Waals surface area contributed by atoms with Gasteiger partial charge >= 0.3 is 6.09 Å². The number of carbonyl (C=O) groups is 5. The number of aromatic nitrogens is 2. The average Bonchev–Trinajstić information content (AvgIpc) is 3.81. The Bertz CT molecular complexity index is 2430. The highest BCUT2D eigenvalue weighted by Crippen LogP contribution is 2.63. The summed E-state index contributed by atoms with van der Waals surface area (Å²) in [5.41, 5.74) is 2.41. The third-order valence-electron chi connectivity index (χ3n) is 12.0. The predicted octanol–water partition coefficient (Wildman–Crippen LogP) is 6.32. The van der Waals surface area contributed by atoms with Crippen LogP contribution in [0.1, 0.15) is 30.9 Å². The van der Waals surface area contributed by atoms with Gasteiger partial charge in [0, 0.05) is 40.7 Å². The first-order chi connectivity index (χ1) is 25.3. The van der Waals surface area contributed by atoms with E-state index in [4.69, 9.17) is 26.2 Å². The minimum Gasteiger partial charge on any atom is -0.508 e. The number of amides is 5. The molecule has 5 aliphatic rings. The number of aryl methyl sites for hydroxylation is 2. The van der Waals surface area contributed by atoms with Crippen LogP contribution in [0.3, 0.4) is 0 Å². The summed E-state index contributed by atoms with van der Waals surface area (Å²) >= 11 is 7.85. The highest BCUT2D eigenvalue weighted by atomic mass is 35.5. The van der Waals surface area contributed by atoms with E-state index >= 15 is 4.79 Å². The van der Waals surface area contributed by atoms with Crippen LogP contribution in [-0.4, -0.2) is 56.6 Å². The molecule has 9 rings (SSSR count). The second-order valence-electron chi connectivity index (χ2n) is 14.6. The lowest BCUT2D eigenvalue weighted by atomic mass is 9.51. The van der Waals surface area contributed by atoms with Crippen molar-refractivity contribution in [3.8, 4) is 22.1 Å². The van der Waals surface area contributed by atoms with Gasteiger partial charge in [0.05, 0.1) is 41.4 Å². The zero-order chi connectivity index (χ0) is 37.2. The maximum absolute atomic E-state index is 15.1. The third kappa shape index (κ3) is 4.59. The van der Waals surface area contributed by atoms with Crippen LogP contribution in [0.2, 0.25) is 5.02 Å². The van der Waals surface area contributed by atoms with Crippen molar-refractivity contribution in [2.45, 2.75) is 33.1 Å². The van der Waals surface area contributed by atoms with E-state index < -0.39 is 64.7 Å². The van der Waals surface area contributed by atoms with E-state index in [1.807, 2.05) is 31.2 Å². The highest BCUT2D eigenvalue weighted by Gasteiger charge is 2.68. The van der Waals surface area contributed by atoms with E-state index in [2.05, 4.69) is 0 Å². The number of thiophene rings is 1. The minimum atomic E-state index is -1.32. The fourth-order valence-electron chi connectivity index (χ4n) is 9.55. The molecule has 3 aliphatic heterocycles. The largest absolute Gasteiger partial charge is 0.508 e. The molecule has 0 bridgehead atoms. The second-order valence-corrected chi connectivity index (χ2v) is 16.1. The van der Waals surface area contributed by atoms with Crippen LogP contribution < -0.4 is 9.64 Å². The number of anilines is 1. The van der Waals surface area contributed by atoms with Crippen molar-refractivity contribution in [3.63, 3.8) is 0 Å². The molecule has 5 heterocycles. The van der Waals surface area contributed by atoms with Crippen molar-refractivity contribution in [2.75, 3.05) is 12.0 Å². The van der Waals surface area contributed by atoms with Crippen LogP contribution in [0.25, 0.3) is 20.7 Å². The van der Waals surface area contributed by atoms with Gasteiger partial charge < -0.3 is 14.6 Å². The summed E-state index contributed by atoms with van der Waals surface area (Å²) in [4.78, 5) is 72.6. The van der Waals surface area contributed by atoms with Crippen LogP contribution in [0, 0.1) is 41.9 Å². The summed E-state index contributed by atoms with van der Waals surface area (Å²) in [7, 11) is 2.81. The summed E-state index contributed by atoms with van der Waals surface area (Å²) in [6, 6.07) is 12.2. The summed E-state index contributed by atoms with van der Waals surface area (Å²) in [5.74, 6) is -5.18. The number of hydrogen-bond acceptors (Lipinski definition) is 10. The molecule has 53 heavy (non-hydrogen) atoms. The van der Waals surface area contributed by atoms with Gasteiger partial charge in [-0.15, -0.1) is 11.3 Å². The Hall–Kier alpha value is -5.27. The molecule has 0 spiro atoms. The molecule has 5 amide bonds. The molecule has 1 N–H and O–H groups in total. The molecule has 1 saturated carbocycles. The number of benzene rings is 2. The van der Waals surface area contributed by atoms with Crippen molar-refractivity contribution in [2.24, 2.45) is 42.1 Å². The molecule has 2 aromatic heterocycles. The number of ether oxygens (including phenoxy) is 2. The number of methoxy groups -OCH3 is 1. The molecule has 6 atom stereocenters. The van der Waals surface area contributed by atoms with Gasteiger partial charge in [-0.2, -0.15) is 10.00 Å². The lowest BCUT2D eigenvalue weighted by Gasteiger charge is -2.49. The number of rotatable bonds is 3. The fraction of sp³-hybridized carbons (Fsp3) is 0.333. The Morgan fingerprint density at radius 3 is 2.64 bits per heavy atom. The van der Waals surface area contributed by atoms with Crippen LogP contribution >= 0.6 is 22.9 Å². The maximum Gasteiger partial charge on any atom is 0.423 e. The number of imide groups is 4. The van der Waals surface area contributed by atoms with Gasteiger partial charge in [-0.05, 0) is 85.5 Å². The Labute approximate surface area is 312 Å². The number of hydrogen-bond donors (Lipinski definition) is 1. The Balaban J connectivity index is 1.16. The first-order valence-corrected chi connectivity index (χ1v) is 18.5. The molecule has 2 aliphatic carbocycles. The van der Waals surface area contributed by atoms with Gasteiger partial charge in [-0.1, -0.05) is 23.3 Å². The van der Waals surface area contributed by atoms with Gasteiger partial charge in [0.25, 0.3) is 0 Å². The maximum atomic E-state index is 15.1. The zero-order valence-corrected chi connectivity index (χ0v) is 30.7. The standard InChI is InChI=1S/C39H33ClN4O8S/c1-17-24-13-20(40)5-10-29(24)53-33(17)27-15-30(42(3)41-27)43-35(47)26-14-25-22(7-8-23-31(25)36(48)44(34(23)46)38(50)51-4)32(39(26,2)37(43)49)19-11-18-12-21(45)6-9-28(18)52-16-19/h5-7,9-10,12-13,15-16,23,25-26,31-32,45H,8,11,14H2,1-4H3. The monoisotopic (exact) mass is 752 g/mol. The number of carbonyl (C=O) groups excluding carboxylic acids is 5. The summed E-state index contributed by atoms with van der Waals surface area (Å²) in [6.45, 7) is 3.78. The molecular formula is C39H33ClN4O8S. The van der Waals surface area contributed by atoms with E-state index in [0.29, 0.717) is 44.7 Å². The van der Waals surface area contributed by atoms with Crippen LogP contribution in [0.15, 0.2) is 65.9 Å². The van der Waals surface area contributed by atoms with Crippen LogP contribution in [0.5, 0.6) is 11.5 Å². The molecule has 0 radical (unpaired) electrons. The van der Waals surface area contributed by atoms with Crippen molar-refractivity contribution in [1.82, 2.24) is 14.7 Å². The molecule has 2 saturated heterocycles. The minimum absolute atomic E-state index is 0.0548. The van der Waals surface area contributed by atoms with E-state index in [-0.39, 0.29) is 18.6 Å². The number of phenolic OH excluding ortho intramolecular Hbond substituents is 1. The topological polar surface area (TPSA) is 148 Å². The number of likely N-dealkylation sites (tertiary alicyclic amines) is 1. The number of allylic oxidation sites excluding steroid dienone is 3. The Morgan fingerprint density at radius 2 is 1.87 bits per heavy atom. The lowest BCUT2D eigenvalue weighted by molar-refractivity contribution is -0.138. The van der Waals surface area contributed by atoms with E-state index in [1.165, 1.54) is 15.6 Å². The highest BCUT2D eigenvalue weighted by molar-refractivity contribution is 7.22. The molecule has 4 aromatic rings. The smallest absolute Gasteiger partial charge is 0.423 e. The fourth-order valence-corrected chi connectivity index (χ4v) is 10.9. The molecule has 14 heteroatoms. The van der Waals surface area contributed by atoms with Gasteiger partial charge in [-0.3, -0.25) is 23.9 Å². The van der Waals surface area contributed by atoms with Crippen LogP contribution in [-0.2, 0) is 37.4 Å². The van der Waals surface area contributed by atoms with Gasteiger partial charge in [-0.25, -0.2) is 9.69 Å². The normalized spacial score (nSPS) is 27.6. The zero-order valence-electron chi connectivity index (χ0n) is 29.1. The van der Waals surface area contributed by atoms with Crippen molar-refractivity contribution >= 4 is 68.6 Å². The number of halogens is 1. The summed E-state index contributed by atoms with van der Waals surface area (Å²) < 4.78 is 13.4. The van der Waals surface area contributed by atoms with Crippen LogP contribution in [0.4, 0.5) is 10.6 Å². The first-order valence-electron chi connectivity index (χ1n) is 17.3. The van der Waals surface area contributed by atoms with Gasteiger partial charge in [0.1, 0.15) is 23.0 Å². The quantitative estimate of drug-likeness (QED) is 0.188. The van der Waals surface area contributed by atoms with E-state index in [1.54, 1.807) is 49.8 Å². The molecule has 3 fully saturated rings. The second kappa shape index (κ2) is 11.6. The Kier molecular flexibility index (Phi) is 7.35. The molecule has 270 valence electrons. The average molecular weight is 753 g/mol. The third-order valence-corrected chi connectivity index (χ3v) is 13.5. The molecule has 6 unspecified atom stereocenters. The first kappa shape index (κ1) is 33.6.